The summed E-state index contributed by atoms with van der Waals surface area (Å²) in [7, 11) is 12.4. The smallest absolute Gasteiger partial charge is 1.00 e. The fraction of sp³-hybridized carbons (Fsp3) is 0.200. The number of anilines is 4. The number of aliphatic hydroxyl groups excluding tert-OH is 3. The van der Waals surface area contributed by atoms with Crippen LogP contribution in [0, 0.1) is 10.1 Å². The van der Waals surface area contributed by atoms with E-state index in [1.54, 1.807) is 12.1 Å². The van der Waals surface area contributed by atoms with Crippen LogP contribution in [0.1, 0.15) is 132 Å². The number of hydrogen-bond acceptors (Lipinski definition) is 21. The number of carboxylic acids is 2. The number of rotatable bonds is 26. The first-order valence-electron chi connectivity index (χ1n) is 36.5. The molecular weight excluding hydrogens is 1630 g/mol. The summed E-state index contributed by atoms with van der Waals surface area (Å²) < 4.78 is 32.8. The average Bonchev–Trinajstić information content (AvgIpc) is 1.09. The van der Waals surface area contributed by atoms with Gasteiger partial charge in [0.15, 0.2) is 17.4 Å². The molecule has 24 nitrogen and oxygen atoms in total. The van der Waals surface area contributed by atoms with Gasteiger partial charge < -0.3 is 71.1 Å². The largest absolute Gasteiger partial charge is 1.00 e. The molecule has 0 saturated carbocycles. The molecule has 12 rings (SSSR count). The van der Waals surface area contributed by atoms with E-state index in [4.69, 9.17) is 46.0 Å². The van der Waals surface area contributed by atoms with Crippen LogP contribution in [-0.2, 0) is 97.9 Å². The summed E-state index contributed by atoms with van der Waals surface area (Å²) in [5.74, 6) is -4.94. The minimum absolute atomic E-state index is 0. The van der Waals surface area contributed by atoms with Gasteiger partial charge in [0.25, 0.3) is 5.69 Å². The first-order chi connectivity index (χ1) is 57.0. The Morgan fingerprint density at radius 3 is 0.992 bits per heavy atom. The minimum Gasteiger partial charge on any atom is -1.00 e. The quantitative estimate of drug-likeness (QED) is 0.00429. The Hall–Kier alpha value is -11.2. The summed E-state index contributed by atoms with van der Waals surface area (Å²) >= 11 is 6.08. The van der Waals surface area contributed by atoms with E-state index < -0.39 is 66.8 Å². The number of halogens is 3. The number of nitrogens with zero attached hydrogens (tertiary/aromatic N) is 4. The zero-order valence-electron chi connectivity index (χ0n) is 67.2. The minimum atomic E-state index is -1.67. The summed E-state index contributed by atoms with van der Waals surface area (Å²) in [6, 6.07) is 85.7. The van der Waals surface area contributed by atoms with Crippen molar-refractivity contribution < 1.29 is 107 Å². The number of ether oxygens (including phenoxy) is 5. The third-order valence-corrected chi connectivity index (χ3v) is 17.9. The molecule has 0 aromatic heterocycles. The Morgan fingerprint density at radius 1 is 0.417 bits per heavy atom. The van der Waals surface area contributed by atoms with Crippen molar-refractivity contribution in [2.24, 2.45) is 0 Å². The van der Waals surface area contributed by atoms with Crippen LogP contribution in [-0.4, -0.2) is 129 Å². The Balaban J connectivity index is 0.000000385. The zero-order valence-corrected chi connectivity index (χ0v) is 69.3. The van der Waals surface area contributed by atoms with Crippen molar-refractivity contribution in [3.63, 3.8) is 0 Å². The topological polar surface area (TPSA) is 346 Å². The number of nitro groups is 1. The molecule has 0 amide bonds. The van der Waals surface area contributed by atoms with Crippen LogP contribution in [0.3, 0.4) is 0 Å². The molecule has 1 heterocycles. The molecule has 11 aromatic carbocycles. The van der Waals surface area contributed by atoms with Crippen molar-refractivity contribution in [1.29, 1.82) is 0 Å². The zero-order chi connectivity index (χ0) is 85.7. The average molecular weight is 1720 g/mol. The van der Waals surface area contributed by atoms with Gasteiger partial charge in [0.1, 0.15) is 0 Å². The van der Waals surface area contributed by atoms with Crippen LogP contribution in [0.2, 0.25) is 0 Å². The van der Waals surface area contributed by atoms with Gasteiger partial charge in [-0.3, -0.25) is 10.1 Å². The Morgan fingerprint density at radius 2 is 0.700 bits per heavy atom. The van der Waals surface area contributed by atoms with Gasteiger partial charge in [0.2, 0.25) is 9.23 Å². The molecule has 120 heavy (non-hydrogen) atoms. The second-order valence-corrected chi connectivity index (χ2v) is 28.4. The Labute approximate surface area is 738 Å². The number of methoxy groups -OCH3 is 4. The van der Waals surface area contributed by atoms with E-state index in [0.29, 0.717) is 30.7 Å². The number of nitrogen functional groups attached to an aromatic ring is 1. The van der Waals surface area contributed by atoms with Crippen LogP contribution >= 0.6 is 33.0 Å². The van der Waals surface area contributed by atoms with E-state index in [0.717, 1.165) is 102 Å². The maximum atomic E-state index is 12.3. The number of non-ortho nitro benzene ring substituents is 1. The van der Waals surface area contributed by atoms with Crippen LogP contribution < -0.4 is 39.3 Å². The van der Waals surface area contributed by atoms with Crippen molar-refractivity contribution in [2.45, 2.75) is 77.8 Å². The normalized spacial score (nSPS) is 10.6. The first-order valence-corrected chi connectivity index (χ1v) is 39.9. The molecule has 0 radical (unpaired) electrons. The number of hydrogen-bond donors (Lipinski definition) is 6. The van der Waals surface area contributed by atoms with Crippen molar-refractivity contribution in [3.05, 3.63) is 372 Å². The number of esters is 4. The number of nitro benzene ring substituents is 1. The van der Waals surface area contributed by atoms with Crippen LogP contribution in [0.5, 0.6) is 0 Å². The fourth-order valence-electron chi connectivity index (χ4n) is 11.7. The van der Waals surface area contributed by atoms with Gasteiger partial charge in [-0.1, -0.05) is 194 Å². The third-order valence-electron chi connectivity index (χ3n) is 17.6. The molecule has 0 bridgehead atoms. The second kappa shape index (κ2) is 55.6. The third kappa shape index (κ3) is 34.3. The number of aromatic carboxylic acids is 2. The van der Waals surface area contributed by atoms with Gasteiger partial charge >= 0.3 is 54.7 Å². The van der Waals surface area contributed by atoms with E-state index in [2.05, 4.69) is 155 Å². The summed E-state index contributed by atoms with van der Waals surface area (Å²) in [6.45, 7) is 6.35. The standard InChI is InChI=1S/C24H23NO4.C22H22ClNO.C22H23NO2.C10H11NO4.C8H5NO6.C4H8O.Al.Cl2OS.Li.4H/c1-28-23(26)21-14-13-20(15-22(21)24(27)29-2)25(16-18-9-5-3-6-10-18)17-19-11-7-4-8-12-19;23-14-21-13-22(12-11-20(21)17-25)24(15-18-7-3-1-4-8-18)16-19-9-5-2-6-10-19;24-16-20-11-12-22(13-21(20)17-25)23(14-18-7-3-1-4-8-18)15-19-9-5-2-6-10-19;1-14-9(12)7-4-3-6(11)5-8(7)10(13)15-2;10-7(11)5-2-1-4(9(14)15)3-6(5)8(12)13;1-2-4-5-3-1;;1-4(2)3;;;;;/h3-15H,16-17H2,1-2H3;1-13,25H,14-17H2;1-13,24-25H,14-17H2;3-5H,11H2,1-2H3;1-3H,(H,10,11)(H,12,13);1-4H2;;;;;;;/q;;;;;;;;+1;;;;-1. The fourth-order valence-corrected chi connectivity index (χ4v) is 11.9. The van der Waals surface area contributed by atoms with Crippen molar-refractivity contribution in [2.75, 3.05) is 62.1 Å². The molecule has 1 aliphatic rings. The second-order valence-electron chi connectivity index (χ2n) is 25.6. The van der Waals surface area contributed by atoms with Gasteiger partial charge in [0, 0.05) is 115 Å². The number of alkyl halides is 1. The summed E-state index contributed by atoms with van der Waals surface area (Å²) in [5.41, 5.74) is 18.6. The molecule has 30 heteroatoms. The number of benzene rings is 11. The molecule has 1 aliphatic heterocycles. The maximum absolute atomic E-state index is 12.3. The number of aliphatic hydroxyl groups is 3. The molecule has 7 N–H and O–H groups in total. The number of carbonyl (C=O) groups excluding carboxylic acids is 4. The Bertz CT molecular complexity index is 4760. The predicted octanol–water partition coefficient (Wildman–Crippen LogP) is 13.1. The molecule has 0 spiro atoms. The first kappa shape index (κ1) is 101. The van der Waals surface area contributed by atoms with Crippen molar-refractivity contribution in [1.82, 2.24) is 0 Å². The Kier molecular flexibility index (Phi) is 46.8. The number of carbonyl (C=O) groups is 6. The molecule has 0 atom stereocenters. The molecule has 626 valence electrons. The van der Waals surface area contributed by atoms with Crippen LogP contribution in [0.25, 0.3) is 0 Å². The molecular formula is C90H96AlCl3LiN5O19S. The van der Waals surface area contributed by atoms with Crippen molar-refractivity contribution >= 4 is 124 Å². The van der Waals surface area contributed by atoms with Gasteiger partial charge in [-0.05, 0) is 135 Å². The molecule has 1 saturated heterocycles. The maximum Gasteiger partial charge on any atom is 1.00 e. The van der Waals surface area contributed by atoms with Gasteiger partial charge in [-0.15, -0.1) is 11.6 Å². The van der Waals surface area contributed by atoms with Crippen molar-refractivity contribution in [3.8, 4) is 0 Å². The molecule has 11 aromatic rings. The molecule has 1 fully saturated rings. The van der Waals surface area contributed by atoms with Crippen LogP contribution in [0.4, 0.5) is 28.4 Å². The van der Waals surface area contributed by atoms with E-state index in [1.165, 1.54) is 81.7 Å². The van der Waals surface area contributed by atoms with Gasteiger partial charge in [-0.2, -0.15) is 0 Å². The predicted molar refractivity (Wildman–Crippen MR) is 469 cm³/mol. The van der Waals surface area contributed by atoms with E-state index in [-0.39, 0.29) is 79.7 Å². The number of carboxylic acid groups (broad SMARTS) is 2. The van der Waals surface area contributed by atoms with Crippen LogP contribution in [0.15, 0.2) is 273 Å². The summed E-state index contributed by atoms with van der Waals surface area (Å²) in [5, 5.41) is 56.1. The van der Waals surface area contributed by atoms with Gasteiger partial charge in [-0.25, -0.2) is 33.0 Å². The molecule has 0 unspecified atom stereocenters. The summed E-state index contributed by atoms with van der Waals surface area (Å²) in [6.07, 6.45) is 2.56. The number of nitrogens with two attached hydrogens (primary N) is 1. The summed E-state index contributed by atoms with van der Waals surface area (Å²) in [4.78, 5) is 84.5. The van der Waals surface area contributed by atoms with E-state index in [1.807, 2.05) is 115 Å². The van der Waals surface area contributed by atoms with E-state index in [9.17, 15) is 54.2 Å². The van der Waals surface area contributed by atoms with E-state index >= 15 is 0 Å². The monoisotopic (exact) mass is 1720 g/mol. The SMILES string of the molecule is C1CCOC1.COC(=O)c1ccc(N(Cc2ccccc2)Cc2ccccc2)cc1C(=O)OC.COC(=O)c1ccc(N)cc1C(=O)OC.O=C(O)c1ccc([N+](=O)[O-])cc1C(=O)O.O=S(Cl)Cl.OCc1ccc(N(Cc2ccccc2)Cc2ccccc2)cc1CCl.OCc1ccc(N(Cc2ccccc2)Cc2ccccc2)cc1CO.[AlH3].[H-].[Li+]. The van der Waals surface area contributed by atoms with Gasteiger partial charge in [0.05, 0.1) is 86.6 Å². The molecule has 0 aliphatic carbocycles.